The molecule has 1 unspecified atom stereocenters. The summed E-state index contributed by atoms with van der Waals surface area (Å²) in [6.45, 7) is 9.87. The third-order valence-corrected chi connectivity index (χ3v) is 6.13. The Kier molecular flexibility index (Phi) is 9.62. The molecule has 3 rings (SSSR count). The lowest BCUT2D eigenvalue weighted by molar-refractivity contribution is 0.299. The average Bonchev–Trinajstić information content (AvgIpc) is 3.37. The monoisotopic (exact) mass is 443 g/mol. The second-order valence-corrected chi connectivity index (χ2v) is 8.76. The number of benzene rings is 2. The lowest BCUT2D eigenvalue weighted by atomic mass is 10.1. The van der Waals surface area contributed by atoms with E-state index in [1.165, 1.54) is 22.3 Å². The fourth-order valence-electron chi connectivity index (χ4n) is 3.29. The fraction of sp³-hybridized carbons (Fsp3) is 0.310. The number of allylic oxidation sites excluding steroid dienone is 1. The third-order valence-electron chi connectivity index (χ3n) is 5.45. The average molecular weight is 444 g/mol. The molecular formula is C29H33NOS. The zero-order valence-corrected chi connectivity index (χ0v) is 20.2. The lowest BCUT2D eigenvalue weighted by Crippen LogP contribution is -2.22. The highest BCUT2D eigenvalue weighted by Crippen LogP contribution is 2.24. The van der Waals surface area contributed by atoms with E-state index in [9.17, 15) is 0 Å². The van der Waals surface area contributed by atoms with Crippen LogP contribution in [0.25, 0.3) is 11.1 Å². The molecule has 3 heteroatoms. The summed E-state index contributed by atoms with van der Waals surface area (Å²) in [5.41, 5.74) is 4.94. The van der Waals surface area contributed by atoms with Crippen molar-refractivity contribution in [2.24, 2.45) is 5.92 Å². The summed E-state index contributed by atoms with van der Waals surface area (Å²) >= 11 is 1.72. The zero-order chi connectivity index (χ0) is 22.6. The molecule has 2 nitrogen and oxygen atoms in total. The molecule has 3 aromatic rings. The highest BCUT2D eigenvalue weighted by atomic mass is 32.1. The van der Waals surface area contributed by atoms with Crippen LogP contribution in [0.5, 0.6) is 5.75 Å². The number of thiophene rings is 1. The van der Waals surface area contributed by atoms with E-state index in [0.717, 1.165) is 31.8 Å². The largest absolute Gasteiger partial charge is 0.489 e. The van der Waals surface area contributed by atoms with Crippen LogP contribution in [0.15, 0.2) is 77.5 Å². The maximum atomic E-state index is 6.12. The Morgan fingerprint density at radius 2 is 1.88 bits per heavy atom. The van der Waals surface area contributed by atoms with Crippen LogP contribution in [-0.2, 0) is 13.2 Å². The standard InChI is InChI=1S/C29H33NOS/c1-4-24(3)11-7-6-8-17-30(5-2)21-25-12-10-15-29(20-25)31-22-26-13-9-14-27(19-26)28-16-18-32-23-28/h6,8-10,12-16,18-20,23-24H,4-5,17,21-22H2,1-3H3/b8-6+. The summed E-state index contributed by atoms with van der Waals surface area (Å²) in [5.74, 6) is 7.78. The molecule has 0 amide bonds. The molecule has 0 radical (unpaired) electrons. The Balaban J connectivity index is 1.55. The van der Waals surface area contributed by atoms with Gasteiger partial charge in [0.15, 0.2) is 0 Å². The fourth-order valence-corrected chi connectivity index (χ4v) is 3.95. The van der Waals surface area contributed by atoms with E-state index in [4.69, 9.17) is 4.74 Å². The van der Waals surface area contributed by atoms with Crippen molar-refractivity contribution >= 4 is 11.3 Å². The van der Waals surface area contributed by atoms with Crippen molar-refractivity contribution in [3.8, 4) is 28.7 Å². The Morgan fingerprint density at radius 3 is 2.66 bits per heavy atom. The first-order chi connectivity index (χ1) is 15.7. The first-order valence-corrected chi connectivity index (χ1v) is 12.3. The molecule has 0 saturated heterocycles. The SMILES string of the molecule is CCC(C)C#C/C=C/CN(CC)Cc1cccc(OCc2cccc(-c3ccsc3)c2)c1. The van der Waals surface area contributed by atoms with Gasteiger partial charge in [-0.1, -0.05) is 69.0 Å². The van der Waals surface area contributed by atoms with Crippen molar-refractivity contribution in [1.82, 2.24) is 4.90 Å². The Labute approximate surface area is 197 Å². The molecule has 0 N–H and O–H groups in total. The molecule has 0 aliphatic carbocycles. The minimum atomic E-state index is 0.461. The molecule has 2 aromatic carbocycles. The molecular weight excluding hydrogens is 410 g/mol. The van der Waals surface area contributed by atoms with Gasteiger partial charge in [0.05, 0.1) is 0 Å². The summed E-state index contributed by atoms with van der Waals surface area (Å²) in [5, 5.41) is 4.29. The summed E-state index contributed by atoms with van der Waals surface area (Å²) in [7, 11) is 0. The van der Waals surface area contributed by atoms with E-state index in [2.05, 4.69) is 103 Å². The van der Waals surface area contributed by atoms with Gasteiger partial charge in [-0.15, -0.1) is 0 Å². The first-order valence-electron chi connectivity index (χ1n) is 11.4. The molecule has 0 bridgehead atoms. The number of likely N-dealkylation sites (N-methyl/N-ethyl adjacent to an activating group) is 1. The summed E-state index contributed by atoms with van der Waals surface area (Å²) in [6.07, 6.45) is 5.23. The van der Waals surface area contributed by atoms with Gasteiger partial charge in [-0.05, 0) is 76.3 Å². The van der Waals surface area contributed by atoms with Gasteiger partial charge < -0.3 is 4.74 Å². The number of nitrogens with zero attached hydrogens (tertiary/aromatic N) is 1. The van der Waals surface area contributed by atoms with E-state index >= 15 is 0 Å². The maximum Gasteiger partial charge on any atom is 0.120 e. The van der Waals surface area contributed by atoms with Gasteiger partial charge in [-0.25, -0.2) is 0 Å². The van der Waals surface area contributed by atoms with Crippen molar-refractivity contribution in [1.29, 1.82) is 0 Å². The van der Waals surface area contributed by atoms with E-state index in [-0.39, 0.29) is 0 Å². The molecule has 1 aromatic heterocycles. The van der Waals surface area contributed by atoms with Gasteiger partial charge in [-0.2, -0.15) is 11.3 Å². The van der Waals surface area contributed by atoms with Gasteiger partial charge >= 0.3 is 0 Å². The van der Waals surface area contributed by atoms with Crippen molar-refractivity contribution in [2.45, 2.75) is 40.3 Å². The predicted octanol–water partition coefficient (Wildman–Crippen LogP) is 7.42. The van der Waals surface area contributed by atoms with Crippen molar-refractivity contribution < 1.29 is 4.74 Å². The predicted molar refractivity (Wildman–Crippen MR) is 138 cm³/mol. The molecule has 32 heavy (non-hydrogen) atoms. The molecule has 1 atom stereocenters. The van der Waals surface area contributed by atoms with Crippen LogP contribution < -0.4 is 4.74 Å². The Morgan fingerprint density at radius 1 is 1.03 bits per heavy atom. The van der Waals surface area contributed by atoms with E-state index in [0.29, 0.717) is 12.5 Å². The van der Waals surface area contributed by atoms with Crippen LogP contribution in [0.1, 0.15) is 38.3 Å². The maximum absolute atomic E-state index is 6.12. The topological polar surface area (TPSA) is 12.5 Å². The van der Waals surface area contributed by atoms with Crippen molar-refractivity contribution in [3.63, 3.8) is 0 Å². The normalized spacial score (nSPS) is 12.0. The smallest absolute Gasteiger partial charge is 0.120 e. The number of ether oxygens (including phenoxy) is 1. The molecule has 166 valence electrons. The van der Waals surface area contributed by atoms with E-state index in [1.54, 1.807) is 11.3 Å². The molecule has 0 fully saturated rings. The van der Waals surface area contributed by atoms with Crippen molar-refractivity contribution in [2.75, 3.05) is 13.1 Å². The number of rotatable bonds is 10. The van der Waals surface area contributed by atoms with Gasteiger partial charge in [0.25, 0.3) is 0 Å². The zero-order valence-electron chi connectivity index (χ0n) is 19.4. The van der Waals surface area contributed by atoms with Gasteiger partial charge in [-0.3, -0.25) is 4.90 Å². The molecule has 0 aliphatic heterocycles. The highest BCUT2D eigenvalue weighted by molar-refractivity contribution is 7.08. The lowest BCUT2D eigenvalue weighted by Gasteiger charge is -2.19. The second-order valence-electron chi connectivity index (χ2n) is 7.98. The first kappa shape index (κ1) is 23.9. The second kappa shape index (κ2) is 12.9. The molecule has 0 aliphatic rings. The van der Waals surface area contributed by atoms with Crippen LogP contribution in [0, 0.1) is 17.8 Å². The van der Waals surface area contributed by atoms with E-state index in [1.807, 2.05) is 12.1 Å². The Hall–Kier alpha value is -2.80. The summed E-state index contributed by atoms with van der Waals surface area (Å²) in [6, 6.07) is 19.2. The minimum Gasteiger partial charge on any atom is -0.489 e. The summed E-state index contributed by atoms with van der Waals surface area (Å²) < 4.78 is 6.12. The molecule has 0 saturated carbocycles. The van der Waals surface area contributed by atoms with Crippen LogP contribution in [0.2, 0.25) is 0 Å². The van der Waals surface area contributed by atoms with Gasteiger partial charge in [0.1, 0.15) is 12.4 Å². The minimum absolute atomic E-state index is 0.461. The summed E-state index contributed by atoms with van der Waals surface area (Å²) in [4.78, 5) is 2.39. The van der Waals surface area contributed by atoms with Gasteiger partial charge in [0.2, 0.25) is 0 Å². The van der Waals surface area contributed by atoms with Crippen molar-refractivity contribution in [3.05, 3.63) is 88.6 Å². The van der Waals surface area contributed by atoms with Crippen LogP contribution >= 0.6 is 11.3 Å². The Bertz CT molecular complexity index is 1040. The quantitative estimate of drug-likeness (QED) is 0.302. The van der Waals surface area contributed by atoms with E-state index < -0.39 is 0 Å². The van der Waals surface area contributed by atoms with Crippen LogP contribution in [0.3, 0.4) is 0 Å². The molecule has 1 heterocycles. The van der Waals surface area contributed by atoms with Crippen LogP contribution in [0.4, 0.5) is 0 Å². The number of hydrogen-bond donors (Lipinski definition) is 0. The third kappa shape index (κ3) is 7.71. The highest BCUT2D eigenvalue weighted by Gasteiger charge is 2.05. The van der Waals surface area contributed by atoms with Crippen LogP contribution in [-0.4, -0.2) is 18.0 Å². The van der Waals surface area contributed by atoms with Gasteiger partial charge in [0, 0.05) is 19.0 Å². The number of hydrogen-bond acceptors (Lipinski definition) is 3. The molecule has 0 spiro atoms.